The van der Waals surface area contributed by atoms with E-state index in [0.29, 0.717) is 29.0 Å². The summed E-state index contributed by atoms with van der Waals surface area (Å²) in [6.45, 7) is 1.84. The molecular formula is C33H42ClN9O7. The quantitative estimate of drug-likeness (QED) is 0.0513. The molecule has 0 unspecified atom stereocenters. The largest absolute Gasteiger partial charge is 0.370 e. The van der Waals surface area contributed by atoms with Gasteiger partial charge >= 0.3 is 6.03 Å². The van der Waals surface area contributed by atoms with E-state index in [9.17, 15) is 33.7 Å². The van der Waals surface area contributed by atoms with Gasteiger partial charge in [0.15, 0.2) is 0 Å². The molecule has 1 aromatic heterocycles. The van der Waals surface area contributed by atoms with E-state index in [0.717, 1.165) is 10.9 Å². The number of benzene rings is 2. The third kappa shape index (κ3) is 11.3. The molecule has 0 saturated carbocycles. The lowest BCUT2D eigenvalue weighted by Gasteiger charge is -2.28. The van der Waals surface area contributed by atoms with Gasteiger partial charge in [-0.25, -0.2) is 4.79 Å². The molecule has 0 aliphatic carbocycles. The highest BCUT2D eigenvalue weighted by Gasteiger charge is 2.36. The number of nitroso groups, excluding NO2 is 1. The van der Waals surface area contributed by atoms with Crippen molar-refractivity contribution in [2.24, 2.45) is 16.8 Å². The summed E-state index contributed by atoms with van der Waals surface area (Å²) in [6, 6.07) is 9.47. The van der Waals surface area contributed by atoms with Crippen LogP contribution in [-0.4, -0.2) is 82.2 Å². The van der Waals surface area contributed by atoms with E-state index < -0.39 is 66.2 Å². The minimum atomic E-state index is -1.53. The number of halogens is 1. The third-order valence-electron chi connectivity index (χ3n) is 7.81. The molecule has 1 heterocycles. The number of H-pyrrole nitrogens is 1. The van der Waals surface area contributed by atoms with Crippen LogP contribution < -0.4 is 32.7 Å². The fourth-order valence-electron chi connectivity index (χ4n) is 5.24. The van der Waals surface area contributed by atoms with E-state index in [1.54, 1.807) is 48.7 Å². The smallest absolute Gasteiger partial charge is 0.341 e. The second-order valence-electron chi connectivity index (χ2n) is 11.5. The van der Waals surface area contributed by atoms with Crippen LogP contribution in [0.25, 0.3) is 10.9 Å². The maximum absolute atomic E-state index is 13.9. The van der Waals surface area contributed by atoms with Crippen LogP contribution in [0.2, 0.25) is 0 Å². The third-order valence-corrected chi connectivity index (χ3v) is 8.00. The summed E-state index contributed by atoms with van der Waals surface area (Å²) < 4.78 is 0. The molecule has 16 nitrogen and oxygen atoms in total. The Morgan fingerprint density at radius 3 is 2.14 bits per heavy atom. The van der Waals surface area contributed by atoms with E-state index >= 15 is 0 Å². The SMILES string of the molecule is CCCC[C@H](NC(=O)[C@H](Cc1c[nH]c2ccccc12)N(N=O)C(=O)NCCCl)C(=O)N[C@@H](CC(N)=O)C(=O)N[C@@H](Cc1ccccc1)C(N)=O. The number of unbranched alkanes of at least 4 members (excludes halogenated alkanes) is 1. The number of rotatable bonds is 20. The molecule has 2 aromatic carbocycles. The predicted molar refractivity (Wildman–Crippen MR) is 186 cm³/mol. The van der Waals surface area contributed by atoms with Crippen molar-refractivity contribution in [3.63, 3.8) is 0 Å². The van der Waals surface area contributed by atoms with Gasteiger partial charge in [-0.3, -0.25) is 24.0 Å². The van der Waals surface area contributed by atoms with Gasteiger partial charge < -0.3 is 37.7 Å². The van der Waals surface area contributed by atoms with Crippen LogP contribution >= 0.6 is 11.6 Å². The fraction of sp³-hybridized carbons (Fsp3) is 0.394. The maximum Gasteiger partial charge on any atom is 0.341 e. The number of hydrogen-bond acceptors (Lipinski definition) is 8. The van der Waals surface area contributed by atoms with Gasteiger partial charge in [-0.05, 0) is 23.6 Å². The summed E-state index contributed by atoms with van der Waals surface area (Å²) in [5.41, 5.74) is 13.0. The second-order valence-corrected chi connectivity index (χ2v) is 11.9. The van der Waals surface area contributed by atoms with Crippen molar-refractivity contribution in [1.29, 1.82) is 0 Å². The predicted octanol–water partition coefficient (Wildman–Crippen LogP) is 1.26. The monoisotopic (exact) mass is 711 g/mol. The van der Waals surface area contributed by atoms with Crippen LogP contribution in [0.15, 0.2) is 66.1 Å². The minimum absolute atomic E-state index is 0.0133. The van der Waals surface area contributed by atoms with Gasteiger partial charge in [-0.1, -0.05) is 68.3 Å². The molecule has 0 aliphatic rings. The zero-order valence-corrected chi connectivity index (χ0v) is 28.3. The number of carbonyl (C=O) groups excluding carboxylic acids is 6. The summed E-state index contributed by atoms with van der Waals surface area (Å²) in [5, 5.41) is 13.9. The Balaban J connectivity index is 1.86. The van der Waals surface area contributed by atoms with Crippen molar-refractivity contribution in [3.05, 3.63) is 76.8 Å². The van der Waals surface area contributed by atoms with Crippen LogP contribution in [0.3, 0.4) is 0 Å². The van der Waals surface area contributed by atoms with Crippen molar-refractivity contribution in [3.8, 4) is 0 Å². The molecule has 17 heteroatoms. The van der Waals surface area contributed by atoms with Gasteiger partial charge in [-0.2, -0.15) is 5.01 Å². The number of aromatic amines is 1. The number of amides is 7. The molecule has 0 radical (unpaired) electrons. The van der Waals surface area contributed by atoms with Crippen molar-refractivity contribution in [2.45, 2.75) is 69.6 Å². The number of urea groups is 1. The molecule has 9 N–H and O–H groups in total. The van der Waals surface area contributed by atoms with Gasteiger partial charge in [0.1, 0.15) is 24.2 Å². The van der Waals surface area contributed by atoms with Crippen LogP contribution in [0, 0.1) is 4.91 Å². The van der Waals surface area contributed by atoms with Gasteiger partial charge in [-0.15, -0.1) is 16.5 Å². The highest BCUT2D eigenvalue weighted by molar-refractivity contribution is 6.18. The first kappa shape index (κ1) is 38.9. The Morgan fingerprint density at radius 1 is 0.860 bits per heavy atom. The van der Waals surface area contributed by atoms with E-state index in [-0.39, 0.29) is 31.7 Å². The molecule has 0 spiro atoms. The van der Waals surface area contributed by atoms with Crippen molar-refractivity contribution >= 4 is 58.1 Å². The number of alkyl halides is 1. The van der Waals surface area contributed by atoms with Crippen molar-refractivity contribution < 1.29 is 28.8 Å². The molecule has 4 atom stereocenters. The molecule has 0 bridgehead atoms. The first-order valence-electron chi connectivity index (χ1n) is 16.0. The Kier molecular flexibility index (Phi) is 15.2. The lowest BCUT2D eigenvalue weighted by Crippen LogP contribution is -2.59. The lowest BCUT2D eigenvalue weighted by atomic mass is 10.0. The standard InChI is InChI=1S/C33H42ClN9O7/c1-2-3-12-24(30(46)41-26(18-28(35)44)31(47)40-25(29(36)45)16-20-9-5-4-6-10-20)39-32(48)27(43(42-50)33(49)37-15-14-34)17-21-19-38-23-13-8-7-11-22(21)23/h4-11,13,19,24-27,38H,2-3,12,14-18H2,1H3,(H2,35,44)(H2,36,45)(H,37,49)(H,39,48)(H,40,47)(H,41,46)/t24-,25-,26-,27-/m0/s1. The fourth-order valence-corrected chi connectivity index (χ4v) is 5.34. The van der Waals surface area contributed by atoms with Gasteiger partial charge in [0.2, 0.25) is 29.5 Å². The van der Waals surface area contributed by atoms with Gasteiger partial charge in [0, 0.05) is 42.4 Å². The summed E-state index contributed by atoms with van der Waals surface area (Å²) in [5.74, 6) is -4.38. The average Bonchev–Trinajstić information content (AvgIpc) is 3.51. The number of hydrogen-bond donors (Lipinski definition) is 7. The Hall–Kier alpha value is -5.51. The van der Waals surface area contributed by atoms with Crippen molar-refractivity contribution in [2.75, 3.05) is 12.4 Å². The summed E-state index contributed by atoms with van der Waals surface area (Å²) in [6.07, 6.45) is 2.04. The van der Waals surface area contributed by atoms with E-state index in [1.807, 2.05) is 19.1 Å². The molecule has 50 heavy (non-hydrogen) atoms. The van der Waals surface area contributed by atoms with E-state index in [4.69, 9.17) is 23.1 Å². The van der Waals surface area contributed by atoms with Crippen LogP contribution in [0.1, 0.15) is 43.7 Å². The molecule has 3 aromatic rings. The van der Waals surface area contributed by atoms with Crippen LogP contribution in [-0.2, 0) is 36.8 Å². The number of nitrogens with two attached hydrogens (primary N) is 2. The zero-order valence-electron chi connectivity index (χ0n) is 27.5. The summed E-state index contributed by atoms with van der Waals surface area (Å²) in [7, 11) is 0. The lowest BCUT2D eigenvalue weighted by molar-refractivity contribution is -0.135. The number of primary amides is 2. The van der Waals surface area contributed by atoms with Gasteiger partial charge in [0.25, 0.3) is 0 Å². The maximum atomic E-state index is 13.9. The Morgan fingerprint density at radius 2 is 1.50 bits per heavy atom. The Labute approximate surface area is 293 Å². The van der Waals surface area contributed by atoms with E-state index in [1.165, 1.54) is 0 Å². The average molecular weight is 712 g/mol. The number of nitrogens with one attached hydrogen (secondary N) is 5. The van der Waals surface area contributed by atoms with Crippen LogP contribution in [0.5, 0.6) is 0 Å². The number of fused-ring (bicyclic) bond motifs is 1. The van der Waals surface area contributed by atoms with Crippen molar-refractivity contribution in [1.82, 2.24) is 31.3 Å². The highest BCUT2D eigenvalue weighted by Crippen LogP contribution is 2.21. The molecule has 268 valence electrons. The highest BCUT2D eigenvalue weighted by atomic mass is 35.5. The Bertz CT molecular complexity index is 1650. The molecule has 0 saturated heterocycles. The number of para-hydroxylation sites is 1. The number of carbonyl (C=O) groups is 6. The number of nitrogens with zero attached hydrogens (tertiary/aromatic N) is 2. The van der Waals surface area contributed by atoms with Crippen LogP contribution in [0.4, 0.5) is 4.79 Å². The molecule has 7 amide bonds. The second kappa shape index (κ2) is 19.5. The summed E-state index contributed by atoms with van der Waals surface area (Å²) >= 11 is 5.69. The van der Waals surface area contributed by atoms with Gasteiger partial charge in [0.05, 0.1) is 11.7 Å². The first-order chi connectivity index (χ1) is 24.0. The molecule has 3 rings (SSSR count). The first-order valence-corrected chi connectivity index (χ1v) is 16.6. The molecule has 0 fully saturated rings. The zero-order chi connectivity index (χ0) is 36.6. The molecule has 0 aliphatic heterocycles. The molecular weight excluding hydrogens is 670 g/mol. The van der Waals surface area contributed by atoms with E-state index in [2.05, 4.69) is 31.5 Å². The normalized spacial score (nSPS) is 13.2. The number of aromatic nitrogens is 1. The minimum Gasteiger partial charge on any atom is -0.370 e. The summed E-state index contributed by atoms with van der Waals surface area (Å²) in [4.78, 5) is 93.0. The topological polar surface area (TPSA) is 251 Å².